The molecule has 0 spiro atoms. The van der Waals surface area contributed by atoms with Crippen molar-refractivity contribution in [3.63, 3.8) is 0 Å². The first-order chi connectivity index (χ1) is 19.5. The average molecular weight is 661 g/mol. The highest BCUT2D eigenvalue weighted by atomic mass is 79.9. The van der Waals surface area contributed by atoms with Gasteiger partial charge in [-0.05, 0) is 60.7 Å². The number of halogens is 2. The molecule has 1 atom stereocenters. The summed E-state index contributed by atoms with van der Waals surface area (Å²) in [4.78, 5) is 29.6. The summed E-state index contributed by atoms with van der Waals surface area (Å²) in [6.07, 6.45) is 5.27. The smallest absolute Gasteiger partial charge is 0.244 e. The van der Waals surface area contributed by atoms with Crippen LogP contribution in [-0.4, -0.2) is 50.0 Å². The number of nitrogens with zero attached hydrogens (tertiary/aromatic N) is 2. The summed E-state index contributed by atoms with van der Waals surface area (Å²) in [6.45, 7) is 1.37. The molecule has 3 aromatic carbocycles. The quantitative estimate of drug-likeness (QED) is 0.279. The molecule has 1 aliphatic carbocycles. The summed E-state index contributed by atoms with van der Waals surface area (Å²) >= 11 is 9.77. The third-order valence-electron chi connectivity index (χ3n) is 7.43. The lowest BCUT2D eigenvalue weighted by atomic mass is 10.0. The number of sulfonamides is 1. The van der Waals surface area contributed by atoms with Gasteiger partial charge >= 0.3 is 0 Å². The molecule has 0 unspecified atom stereocenters. The Hall–Kier alpha value is -2.88. The summed E-state index contributed by atoms with van der Waals surface area (Å²) in [7, 11) is -3.87. The molecule has 0 radical (unpaired) electrons. The highest BCUT2D eigenvalue weighted by molar-refractivity contribution is 9.10. The number of amides is 2. The minimum absolute atomic E-state index is 0.0621. The van der Waals surface area contributed by atoms with Crippen molar-refractivity contribution in [3.8, 4) is 0 Å². The molecule has 0 saturated heterocycles. The Kier molecular flexibility index (Phi) is 10.5. The molecule has 0 bridgehead atoms. The molecular formula is C31H35BrClN3O4S. The molecule has 41 heavy (non-hydrogen) atoms. The molecule has 1 fully saturated rings. The molecule has 2 amide bonds. The van der Waals surface area contributed by atoms with E-state index in [0.29, 0.717) is 16.3 Å². The second-order valence-electron chi connectivity index (χ2n) is 10.5. The minimum atomic E-state index is -3.87. The van der Waals surface area contributed by atoms with Gasteiger partial charge in [-0.25, -0.2) is 8.42 Å². The van der Waals surface area contributed by atoms with Gasteiger partial charge in [-0.2, -0.15) is 0 Å². The van der Waals surface area contributed by atoms with E-state index >= 15 is 0 Å². The standard InChI is InChI=1S/C31H35BrClN3O4S/c1-22-27(33)13-8-14-28(22)36(41(2,39)40)21-30(37)35(20-24-15-17-25(32)18-16-24)29(19-23-9-4-3-5-10-23)31(38)34-26-11-6-7-12-26/h3-5,8-10,13-18,26,29H,6-7,11-12,19-21H2,1-2H3,(H,34,38)/t29-/m1/s1. The number of rotatable bonds is 11. The highest BCUT2D eigenvalue weighted by Gasteiger charge is 2.34. The van der Waals surface area contributed by atoms with Gasteiger partial charge in [0.05, 0.1) is 11.9 Å². The first kappa shape index (κ1) is 31.1. The van der Waals surface area contributed by atoms with Crippen molar-refractivity contribution in [2.45, 2.75) is 57.7 Å². The first-order valence-corrected chi connectivity index (χ1v) is 16.7. The molecule has 3 aromatic rings. The summed E-state index contributed by atoms with van der Waals surface area (Å²) in [5.74, 6) is -0.726. The molecule has 1 N–H and O–H groups in total. The topological polar surface area (TPSA) is 86.8 Å². The van der Waals surface area contributed by atoms with Crippen molar-refractivity contribution >= 4 is 55.1 Å². The van der Waals surface area contributed by atoms with Crippen LogP contribution in [0.4, 0.5) is 5.69 Å². The van der Waals surface area contributed by atoms with Crippen LogP contribution in [0.5, 0.6) is 0 Å². The predicted molar refractivity (Wildman–Crippen MR) is 167 cm³/mol. The van der Waals surface area contributed by atoms with Crippen LogP contribution in [0.3, 0.4) is 0 Å². The Balaban J connectivity index is 1.74. The molecule has 218 valence electrons. The number of benzene rings is 3. The van der Waals surface area contributed by atoms with Gasteiger partial charge in [-0.15, -0.1) is 0 Å². The Labute approximate surface area is 256 Å². The van der Waals surface area contributed by atoms with E-state index in [2.05, 4.69) is 21.2 Å². The highest BCUT2D eigenvalue weighted by Crippen LogP contribution is 2.29. The summed E-state index contributed by atoms with van der Waals surface area (Å²) in [5, 5.41) is 3.57. The van der Waals surface area contributed by atoms with E-state index in [9.17, 15) is 18.0 Å². The lowest BCUT2D eigenvalue weighted by molar-refractivity contribution is -0.140. The van der Waals surface area contributed by atoms with Crippen LogP contribution < -0.4 is 9.62 Å². The van der Waals surface area contributed by atoms with Crippen molar-refractivity contribution in [3.05, 3.63) is 99.0 Å². The molecule has 4 rings (SSSR count). The first-order valence-electron chi connectivity index (χ1n) is 13.6. The van der Waals surface area contributed by atoms with Crippen LogP contribution in [0.1, 0.15) is 42.4 Å². The van der Waals surface area contributed by atoms with Gasteiger partial charge in [0.15, 0.2) is 0 Å². The molecule has 1 aliphatic rings. The monoisotopic (exact) mass is 659 g/mol. The lowest BCUT2D eigenvalue weighted by Crippen LogP contribution is -2.54. The average Bonchev–Trinajstić information content (AvgIpc) is 3.45. The summed E-state index contributed by atoms with van der Waals surface area (Å²) in [6, 6.07) is 21.2. The summed E-state index contributed by atoms with van der Waals surface area (Å²) in [5.41, 5.74) is 2.59. The van der Waals surface area contributed by atoms with Gasteiger partial charge < -0.3 is 10.2 Å². The minimum Gasteiger partial charge on any atom is -0.352 e. The number of nitrogens with one attached hydrogen (secondary N) is 1. The lowest BCUT2D eigenvalue weighted by Gasteiger charge is -2.34. The van der Waals surface area contributed by atoms with Crippen molar-refractivity contribution in [1.82, 2.24) is 10.2 Å². The number of anilines is 1. The maximum atomic E-state index is 14.2. The van der Waals surface area contributed by atoms with Gasteiger partial charge in [0.2, 0.25) is 21.8 Å². The number of hydrogen-bond donors (Lipinski definition) is 1. The van der Waals surface area contributed by atoms with E-state index in [4.69, 9.17) is 11.6 Å². The Morgan fingerprint density at radius 3 is 2.27 bits per heavy atom. The number of hydrogen-bond acceptors (Lipinski definition) is 4. The SMILES string of the molecule is Cc1c(Cl)cccc1N(CC(=O)N(Cc1ccc(Br)cc1)[C@H](Cc1ccccc1)C(=O)NC1CCCC1)S(C)(=O)=O. The van der Waals surface area contributed by atoms with Gasteiger partial charge in [-0.1, -0.05) is 88.9 Å². The van der Waals surface area contributed by atoms with Crippen LogP contribution in [0.25, 0.3) is 0 Å². The van der Waals surface area contributed by atoms with Crippen molar-refractivity contribution in [1.29, 1.82) is 0 Å². The third-order valence-corrected chi connectivity index (χ3v) is 9.49. The van der Waals surface area contributed by atoms with Crippen LogP contribution in [0, 0.1) is 6.92 Å². The van der Waals surface area contributed by atoms with E-state index in [1.165, 1.54) is 4.90 Å². The second-order valence-corrected chi connectivity index (χ2v) is 13.7. The van der Waals surface area contributed by atoms with Crippen molar-refractivity contribution in [2.24, 2.45) is 0 Å². The Morgan fingerprint density at radius 1 is 0.976 bits per heavy atom. The molecule has 1 saturated carbocycles. The van der Waals surface area contributed by atoms with E-state index in [0.717, 1.165) is 51.8 Å². The molecular weight excluding hydrogens is 626 g/mol. The van der Waals surface area contributed by atoms with Crippen molar-refractivity contribution < 1.29 is 18.0 Å². The molecule has 10 heteroatoms. The van der Waals surface area contributed by atoms with Crippen LogP contribution >= 0.6 is 27.5 Å². The number of carbonyl (C=O) groups excluding carboxylic acids is 2. The zero-order chi connectivity index (χ0) is 29.6. The zero-order valence-corrected chi connectivity index (χ0v) is 26.4. The largest absolute Gasteiger partial charge is 0.352 e. The molecule has 0 aliphatic heterocycles. The summed E-state index contributed by atoms with van der Waals surface area (Å²) < 4.78 is 28.0. The zero-order valence-electron chi connectivity index (χ0n) is 23.2. The van der Waals surface area contributed by atoms with Crippen LogP contribution in [-0.2, 0) is 32.6 Å². The fourth-order valence-electron chi connectivity index (χ4n) is 5.17. The van der Waals surface area contributed by atoms with E-state index in [-0.39, 0.29) is 24.9 Å². The molecule has 0 aromatic heterocycles. The van der Waals surface area contributed by atoms with Crippen LogP contribution in [0.15, 0.2) is 77.3 Å². The van der Waals surface area contributed by atoms with E-state index in [1.807, 2.05) is 54.6 Å². The normalized spacial score (nSPS) is 14.4. The second kappa shape index (κ2) is 13.9. The predicted octanol–water partition coefficient (Wildman–Crippen LogP) is 5.88. The Bertz CT molecular complexity index is 1460. The molecule has 7 nitrogen and oxygen atoms in total. The van der Waals surface area contributed by atoms with E-state index in [1.54, 1.807) is 25.1 Å². The Morgan fingerprint density at radius 2 is 1.63 bits per heavy atom. The van der Waals surface area contributed by atoms with Crippen LogP contribution in [0.2, 0.25) is 5.02 Å². The van der Waals surface area contributed by atoms with Gasteiger partial charge in [0.25, 0.3) is 0 Å². The maximum Gasteiger partial charge on any atom is 0.244 e. The van der Waals surface area contributed by atoms with Gasteiger partial charge in [-0.3, -0.25) is 13.9 Å². The van der Waals surface area contributed by atoms with Gasteiger partial charge in [0.1, 0.15) is 12.6 Å². The molecule has 0 heterocycles. The van der Waals surface area contributed by atoms with E-state index < -0.39 is 28.5 Å². The maximum absolute atomic E-state index is 14.2. The number of carbonyl (C=O) groups is 2. The third kappa shape index (κ3) is 8.33. The van der Waals surface area contributed by atoms with Gasteiger partial charge in [0, 0.05) is 28.5 Å². The fourth-order valence-corrected chi connectivity index (χ4v) is 6.50. The fraction of sp³-hybridized carbons (Fsp3) is 0.355. The van der Waals surface area contributed by atoms with Crippen molar-refractivity contribution in [2.75, 3.05) is 17.1 Å².